The molecular formula is C19H22ClN4O4+. The number of carbonyl (C=O) groups is 1. The number of ether oxygens (including phenoxy) is 1. The molecule has 0 spiro atoms. The molecular weight excluding hydrogens is 384 g/mol. The molecule has 0 atom stereocenters. The Hall–Kier alpha value is -2.84. The minimum Gasteiger partial charge on any atom is -0.497 e. The Morgan fingerprint density at radius 1 is 1.29 bits per heavy atom. The molecule has 0 unspecified atom stereocenters. The number of methoxy groups -OCH3 is 1. The Bertz CT molecular complexity index is 869. The van der Waals surface area contributed by atoms with Gasteiger partial charge in [0.05, 0.1) is 38.2 Å². The average Bonchev–Trinajstić information content (AvgIpc) is 2.68. The lowest BCUT2D eigenvalue weighted by Crippen LogP contribution is -3.15. The summed E-state index contributed by atoms with van der Waals surface area (Å²) in [4.78, 5) is 26.3. The number of hydrogen-bond acceptors (Lipinski definition) is 5. The number of carbonyl (C=O) groups excluding carboxylic acids is 1. The number of anilines is 2. The van der Waals surface area contributed by atoms with Gasteiger partial charge in [-0.15, -0.1) is 0 Å². The quantitative estimate of drug-likeness (QED) is 0.563. The van der Waals surface area contributed by atoms with Crippen molar-refractivity contribution in [1.82, 2.24) is 0 Å². The van der Waals surface area contributed by atoms with Crippen LogP contribution in [0.4, 0.5) is 17.1 Å². The first-order chi connectivity index (χ1) is 13.5. The zero-order chi connectivity index (χ0) is 20.1. The molecule has 1 aliphatic rings. The Morgan fingerprint density at radius 3 is 2.71 bits per heavy atom. The SMILES string of the molecule is COc1cccc(N2CC[NH+](CC(=O)Nc3cc(Cl)ccc3[N+](=O)[O-])CC2)c1. The first kappa shape index (κ1) is 19.9. The minimum atomic E-state index is -0.536. The second-order valence-electron chi connectivity index (χ2n) is 6.58. The molecule has 1 heterocycles. The van der Waals surface area contributed by atoms with Gasteiger partial charge in [0.1, 0.15) is 11.4 Å². The molecule has 0 saturated carbocycles. The molecule has 0 radical (unpaired) electrons. The standard InChI is InChI=1S/C19H21ClN4O4/c1-28-16-4-2-3-15(12-16)23-9-7-22(8-10-23)13-19(25)21-17-11-14(20)5-6-18(17)24(26)27/h2-6,11-12H,7-10,13H2,1H3,(H,21,25)/p+1. The Morgan fingerprint density at radius 2 is 2.04 bits per heavy atom. The minimum absolute atomic E-state index is 0.122. The molecule has 0 aromatic heterocycles. The molecule has 2 N–H and O–H groups in total. The largest absolute Gasteiger partial charge is 0.497 e. The van der Waals surface area contributed by atoms with E-state index in [4.69, 9.17) is 16.3 Å². The molecule has 1 aliphatic heterocycles. The van der Waals surface area contributed by atoms with Crippen LogP contribution in [0.2, 0.25) is 5.02 Å². The predicted molar refractivity (Wildman–Crippen MR) is 108 cm³/mol. The van der Waals surface area contributed by atoms with Gasteiger partial charge in [-0.05, 0) is 24.3 Å². The highest BCUT2D eigenvalue weighted by Gasteiger charge is 2.24. The van der Waals surface area contributed by atoms with Crippen molar-refractivity contribution in [1.29, 1.82) is 0 Å². The van der Waals surface area contributed by atoms with Crippen molar-refractivity contribution in [3.8, 4) is 5.75 Å². The molecule has 0 bridgehead atoms. The van der Waals surface area contributed by atoms with Gasteiger partial charge in [-0.2, -0.15) is 0 Å². The number of nitro groups is 1. The van der Waals surface area contributed by atoms with Crippen molar-refractivity contribution in [2.45, 2.75) is 0 Å². The van der Waals surface area contributed by atoms with Gasteiger partial charge < -0.3 is 19.9 Å². The summed E-state index contributed by atoms with van der Waals surface area (Å²) < 4.78 is 5.27. The van der Waals surface area contributed by atoms with Crippen LogP contribution in [0.5, 0.6) is 5.75 Å². The molecule has 1 amide bonds. The summed E-state index contributed by atoms with van der Waals surface area (Å²) in [5.74, 6) is 0.546. The molecule has 28 heavy (non-hydrogen) atoms. The predicted octanol–water partition coefficient (Wildman–Crippen LogP) is 1.60. The maximum Gasteiger partial charge on any atom is 0.292 e. The average molecular weight is 406 g/mol. The van der Waals surface area contributed by atoms with E-state index in [0.29, 0.717) is 5.02 Å². The molecule has 148 valence electrons. The van der Waals surface area contributed by atoms with Gasteiger partial charge in [0.15, 0.2) is 6.54 Å². The number of hydrogen-bond donors (Lipinski definition) is 2. The van der Waals surface area contributed by atoms with Crippen molar-refractivity contribution in [2.24, 2.45) is 0 Å². The van der Waals surface area contributed by atoms with Crippen LogP contribution in [0.15, 0.2) is 42.5 Å². The van der Waals surface area contributed by atoms with Crippen LogP contribution in [-0.4, -0.2) is 50.7 Å². The molecule has 3 rings (SSSR count). The first-order valence-electron chi connectivity index (χ1n) is 8.92. The number of nitrogens with zero attached hydrogens (tertiary/aromatic N) is 2. The highest BCUT2D eigenvalue weighted by Crippen LogP contribution is 2.27. The fraction of sp³-hybridized carbons (Fsp3) is 0.316. The van der Waals surface area contributed by atoms with Crippen LogP contribution < -0.4 is 19.9 Å². The van der Waals surface area contributed by atoms with Gasteiger partial charge in [-0.1, -0.05) is 17.7 Å². The van der Waals surface area contributed by atoms with E-state index in [1.807, 2.05) is 24.3 Å². The molecule has 9 heteroatoms. The molecule has 0 aliphatic carbocycles. The normalized spacial score (nSPS) is 14.6. The van der Waals surface area contributed by atoms with E-state index in [-0.39, 0.29) is 23.8 Å². The number of nitrogens with one attached hydrogen (secondary N) is 2. The third-order valence-corrected chi connectivity index (χ3v) is 4.96. The number of rotatable bonds is 6. The number of quaternary nitrogens is 1. The van der Waals surface area contributed by atoms with Crippen LogP contribution in [0.25, 0.3) is 0 Å². The second-order valence-corrected chi connectivity index (χ2v) is 7.02. The van der Waals surface area contributed by atoms with Crippen LogP contribution in [0.1, 0.15) is 0 Å². The molecule has 2 aromatic rings. The Kier molecular flexibility index (Phi) is 6.33. The lowest BCUT2D eigenvalue weighted by atomic mass is 10.2. The smallest absolute Gasteiger partial charge is 0.292 e. The highest BCUT2D eigenvalue weighted by molar-refractivity contribution is 6.31. The summed E-state index contributed by atoms with van der Waals surface area (Å²) >= 11 is 5.90. The summed E-state index contributed by atoms with van der Waals surface area (Å²) in [6.45, 7) is 3.46. The summed E-state index contributed by atoms with van der Waals surface area (Å²) in [5, 5.41) is 14.1. The van der Waals surface area contributed by atoms with Gasteiger partial charge in [0.2, 0.25) is 0 Å². The third-order valence-electron chi connectivity index (χ3n) is 4.73. The molecule has 1 saturated heterocycles. The van der Waals surface area contributed by atoms with Gasteiger partial charge in [0, 0.05) is 22.8 Å². The van der Waals surface area contributed by atoms with Crippen molar-refractivity contribution in [3.05, 3.63) is 57.6 Å². The fourth-order valence-corrected chi connectivity index (χ4v) is 3.43. The Labute approximate surface area is 167 Å². The van der Waals surface area contributed by atoms with E-state index >= 15 is 0 Å². The lowest BCUT2D eigenvalue weighted by Gasteiger charge is -2.33. The summed E-state index contributed by atoms with van der Waals surface area (Å²) in [6, 6.07) is 12.0. The number of amides is 1. The number of piperazine rings is 1. The first-order valence-corrected chi connectivity index (χ1v) is 9.30. The summed E-state index contributed by atoms with van der Waals surface area (Å²) in [7, 11) is 1.64. The van der Waals surface area contributed by atoms with Crippen molar-refractivity contribution < 1.29 is 19.4 Å². The van der Waals surface area contributed by atoms with E-state index in [0.717, 1.165) is 42.5 Å². The highest BCUT2D eigenvalue weighted by atomic mass is 35.5. The van der Waals surface area contributed by atoms with Gasteiger partial charge in [0.25, 0.3) is 11.6 Å². The van der Waals surface area contributed by atoms with E-state index in [1.165, 1.54) is 18.2 Å². The lowest BCUT2D eigenvalue weighted by molar-refractivity contribution is -0.892. The second kappa shape index (κ2) is 8.90. The maximum atomic E-state index is 12.4. The fourth-order valence-electron chi connectivity index (χ4n) is 3.25. The monoisotopic (exact) mass is 405 g/mol. The number of benzene rings is 2. The van der Waals surface area contributed by atoms with Crippen LogP contribution in [0.3, 0.4) is 0 Å². The zero-order valence-corrected chi connectivity index (χ0v) is 16.2. The van der Waals surface area contributed by atoms with E-state index in [9.17, 15) is 14.9 Å². The van der Waals surface area contributed by atoms with E-state index in [1.54, 1.807) is 7.11 Å². The van der Waals surface area contributed by atoms with Crippen LogP contribution in [-0.2, 0) is 4.79 Å². The van der Waals surface area contributed by atoms with Crippen molar-refractivity contribution in [3.63, 3.8) is 0 Å². The van der Waals surface area contributed by atoms with Gasteiger partial charge in [-0.3, -0.25) is 14.9 Å². The molecule has 2 aromatic carbocycles. The van der Waals surface area contributed by atoms with E-state index < -0.39 is 4.92 Å². The van der Waals surface area contributed by atoms with Crippen molar-refractivity contribution >= 4 is 34.6 Å². The topological polar surface area (TPSA) is 89.2 Å². The number of nitro benzene ring substituents is 1. The van der Waals surface area contributed by atoms with Crippen LogP contribution >= 0.6 is 11.6 Å². The maximum absolute atomic E-state index is 12.4. The van der Waals surface area contributed by atoms with Gasteiger partial charge in [-0.25, -0.2) is 0 Å². The molecule has 1 fully saturated rings. The van der Waals surface area contributed by atoms with Crippen molar-refractivity contribution in [2.75, 3.05) is 50.1 Å². The molecule has 8 nitrogen and oxygen atoms in total. The third kappa shape index (κ3) is 4.90. The number of halogens is 1. The summed E-state index contributed by atoms with van der Waals surface area (Å²) in [6.07, 6.45) is 0. The van der Waals surface area contributed by atoms with Crippen LogP contribution in [0, 0.1) is 10.1 Å². The van der Waals surface area contributed by atoms with E-state index in [2.05, 4.69) is 10.2 Å². The Balaban J connectivity index is 1.55. The summed E-state index contributed by atoms with van der Waals surface area (Å²) in [5.41, 5.74) is 1.05. The van der Waals surface area contributed by atoms with Gasteiger partial charge >= 0.3 is 0 Å². The zero-order valence-electron chi connectivity index (χ0n) is 15.5.